The van der Waals surface area contributed by atoms with E-state index < -0.39 is 10.7 Å². The van der Waals surface area contributed by atoms with Crippen LogP contribution in [0.1, 0.15) is 6.92 Å². The molecule has 2 atom stereocenters. The number of pyridine rings is 1. The molecular weight excluding hydrogens is 312 g/mol. The van der Waals surface area contributed by atoms with Crippen molar-refractivity contribution < 1.29 is 4.79 Å². The van der Waals surface area contributed by atoms with Crippen molar-refractivity contribution in [2.75, 3.05) is 24.0 Å². The largest absolute Gasteiger partial charge is 0.312 e. The Kier molecular flexibility index (Phi) is 5.60. The van der Waals surface area contributed by atoms with Gasteiger partial charge in [-0.25, -0.2) is 4.68 Å². The second-order valence-corrected chi connectivity index (χ2v) is 6.83. The molecule has 2 heterocycles. The molecule has 0 aliphatic heterocycles. The zero-order valence-electron chi connectivity index (χ0n) is 13.2. The molecule has 7 nitrogen and oxygen atoms in total. The van der Waals surface area contributed by atoms with Crippen molar-refractivity contribution in [3.8, 4) is 11.9 Å². The van der Waals surface area contributed by atoms with E-state index in [1.54, 1.807) is 47.6 Å². The summed E-state index contributed by atoms with van der Waals surface area (Å²) in [6.45, 7) is 1.85. The smallest absolute Gasteiger partial charge is 0.230 e. The van der Waals surface area contributed by atoms with E-state index in [9.17, 15) is 4.79 Å². The van der Waals surface area contributed by atoms with Gasteiger partial charge in [-0.3, -0.25) is 9.78 Å². The minimum Gasteiger partial charge on any atom is -0.312 e. The number of rotatable bonds is 5. The highest BCUT2D eigenvalue weighted by atomic mass is 32.2. The summed E-state index contributed by atoms with van der Waals surface area (Å²) in [5, 5.41) is 12.8. The van der Waals surface area contributed by atoms with E-state index >= 15 is 0 Å². The van der Waals surface area contributed by atoms with Gasteiger partial charge in [-0.05, 0) is 18.4 Å². The molecule has 120 valence electrons. The first-order valence-corrected chi connectivity index (χ1v) is 8.74. The molecule has 2 aromatic rings. The van der Waals surface area contributed by atoms with Gasteiger partial charge < -0.3 is 4.90 Å². The Morgan fingerprint density at radius 2 is 2.35 bits per heavy atom. The van der Waals surface area contributed by atoms with Crippen LogP contribution in [0, 0.1) is 17.4 Å². The lowest BCUT2D eigenvalue weighted by Crippen LogP contribution is -2.33. The quantitative estimate of drug-likeness (QED) is 0.782. The van der Waals surface area contributed by atoms with E-state index in [1.165, 1.54) is 0 Å². The highest BCUT2D eigenvalue weighted by Gasteiger charge is 2.20. The van der Waals surface area contributed by atoms with Crippen LogP contribution in [0.2, 0.25) is 0 Å². The van der Waals surface area contributed by atoms with Crippen LogP contribution in [0.15, 0.2) is 41.3 Å². The van der Waals surface area contributed by atoms with E-state index in [0.717, 1.165) is 5.69 Å². The van der Waals surface area contributed by atoms with E-state index in [4.69, 9.17) is 5.26 Å². The van der Waals surface area contributed by atoms with Crippen molar-refractivity contribution >= 4 is 22.3 Å². The normalized spacial score (nSPS) is 13.3. The van der Waals surface area contributed by atoms with E-state index in [0.29, 0.717) is 11.4 Å². The molecule has 0 aromatic carbocycles. The first-order chi connectivity index (χ1) is 11.0. The van der Waals surface area contributed by atoms with Crippen LogP contribution in [0.3, 0.4) is 0 Å². The third-order valence-electron chi connectivity index (χ3n) is 3.31. The number of nitrogens with zero attached hydrogens (tertiary/aromatic N) is 6. The lowest BCUT2D eigenvalue weighted by Gasteiger charge is -2.19. The summed E-state index contributed by atoms with van der Waals surface area (Å²) < 4.78 is 5.43. The number of carbonyl (C=O) groups excluding carboxylic acids is 1. The Balaban J connectivity index is 2.10. The van der Waals surface area contributed by atoms with Crippen molar-refractivity contribution in [1.82, 2.24) is 14.8 Å². The van der Waals surface area contributed by atoms with Crippen molar-refractivity contribution in [3.05, 3.63) is 36.9 Å². The first-order valence-electron chi connectivity index (χ1n) is 6.98. The number of aromatic nitrogens is 3. The Bertz CT molecular complexity index is 749. The fourth-order valence-corrected chi connectivity index (χ4v) is 3.19. The molecule has 2 unspecified atom stereocenters. The summed E-state index contributed by atoms with van der Waals surface area (Å²) >= 11 is 0. The number of hydrogen-bond donors (Lipinski definition) is 0. The molecule has 2 aromatic heterocycles. The Labute approximate surface area is 137 Å². The maximum Gasteiger partial charge on any atom is 0.230 e. The Morgan fingerprint density at radius 1 is 1.57 bits per heavy atom. The fraction of sp³-hybridized carbons (Fsp3) is 0.333. The number of hydrogen-bond acceptors (Lipinski definition) is 5. The van der Waals surface area contributed by atoms with Gasteiger partial charge in [0.15, 0.2) is 0 Å². The van der Waals surface area contributed by atoms with Gasteiger partial charge in [0.05, 0.1) is 30.0 Å². The predicted octanol–water partition coefficient (Wildman–Crippen LogP) is 1.78. The van der Waals surface area contributed by atoms with Crippen LogP contribution < -0.4 is 4.90 Å². The number of carbonyl (C=O) groups is 1. The van der Waals surface area contributed by atoms with E-state index in [-0.39, 0.29) is 11.8 Å². The molecule has 0 fully saturated rings. The average molecular weight is 330 g/mol. The fourth-order valence-electron chi connectivity index (χ4n) is 2.11. The van der Waals surface area contributed by atoms with Gasteiger partial charge in [0.25, 0.3) is 0 Å². The van der Waals surface area contributed by atoms with E-state index in [2.05, 4.69) is 14.4 Å². The minimum absolute atomic E-state index is 0.0248. The van der Waals surface area contributed by atoms with Crippen molar-refractivity contribution in [2.45, 2.75) is 6.92 Å². The molecule has 0 N–H and O–H groups in total. The summed E-state index contributed by atoms with van der Waals surface area (Å²) in [6, 6.07) is 3.72. The molecule has 23 heavy (non-hydrogen) atoms. The van der Waals surface area contributed by atoms with Crippen molar-refractivity contribution in [3.63, 3.8) is 0 Å². The zero-order chi connectivity index (χ0) is 16.8. The van der Waals surface area contributed by atoms with Gasteiger partial charge >= 0.3 is 0 Å². The molecule has 0 radical (unpaired) electrons. The van der Waals surface area contributed by atoms with Crippen LogP contribution in [0.5, 0.6) is 0 Å². The summed E-state index contributed by atoms with van der Waals surface area (Å²) in [7, 11) is 1.29. The van der Waals surface area contributed by atoms with Gasteiger partial charge in [-0.1, -0.05) is 17.6 Å². The lowest BCUT2D eigenvalue weighted by molar-refractivity contribution is -0.120. The number of amides is 1. The molecule has 2 rings (SSSR count). The summed E-state index contributed by atoms with van der Waals surface area (Å²) in [5.74, 6) is 0.323. The average Bonchev–Trinajstić information content (AvgIpc) is 3.04. The molecule has 1 amide bonds. The van der Waals surface area contributed by atoms with Crippen LogP contribution in [0.4, 0.5) is 5.69 Å². The Morgan fingerprint density at radius 3 is 3.00 bits per heavy atom. The highest BCUT2D eigenvalue weighted by molar-refractivity contribution is 7.86. The maximum atomic E-state index is 12.5. The molecule has 0 aliphatic rings. The molecule has 0 aliphatic carbocycles. The van der Waals surface area contributed by atoms with Crippen LogP contribution >= 0.6 is 0 Å². The van der Waals surface area contributed by atoms with Crippen molar-refractivity contribution in [1.29, 1.82) is 5.26 Å². The lowest BCUT2D eigenvalue weighted by atomic mass is 10.2. The zero-order valence-corrected chi connectivity index (χ0v) is 14.1. The summed E-state index contributed by atoms with van der Waals surface area (Å²) in [5.41, 5.74) is 1.54. The molecular formula is C15H18N6OS. The standard InChI is InChI=1S/C15H18N6OS/c1-12(10-23(3)19-11-16)15(22)20(2)14-8-18-21(9-14)13-5-4-6-17-7-13/h4-9,12H,10H2,1-3H3. The monoisotopic (exact) mass is 330 g/mol. The van der Waals surface area contributed by atoms with Gasteiger partial charge in [0.1, 0.15) is 0 Å². The van der Waals surface area contributed by atoms with Gasteiger partial charge in [0.2, 0.25) is 12.1 Å². The number of nitriles is 1. The van der Waals surface area contributed by atoms with Crippen LogP contribution in [0.25, 0.3) is 5.69 Å². The van der Waals surface area contributed by atoms with Crippen molar-refractivity contribution in [2.24, 2.45) is 10.3 Å². The maximum absolute atomic E-state index is 12.5. The van der Waals surface area contributed by atoms with Gasteiger partial charge in [-0.2, -0.15) is 14.7 Å². The van der Waals surface area contributed by atoms with E-state index in [1.807, 2.05) is 25.3 Å². The molecule has 0 bridgehead atoms. The summed E-state index contributed by atoms with van der Waals surface area (Å²) in [4.78, 5) is 18.1. The minimum atomic E-state index is -0.431. The molecule has 0 spiro atoms. The molecule has 8 heteroatoms. The van der Waals surface area contributed by atoms with Gasteiger partial charge in [0, 0.05) is 24.9 Å². The molecule has 0 saturated heterocycles. The Hall–Kier alpha value is -2.53. The second kappa shape index (κ2) is 7.65. The third-order valence-corrected chi connectivity index (χ3v) is 4.68. The number of anilines is 1. The third kappa shape index (κ3) is 4.23. The highest BCUT2D eigenvalue weighted by Crippen LogP contribution is 2.17. The topological polar surface area (TPSA) is 87.2 Å². The second-order valence-electron chi connectivity index (χ2n) is 5.11. The van der Waals surface area contributed by atoms with Crippen LogP contribution in [-0.2, 0) is 15.5 Å². The first kappa shape index (κ1) is 16.8. The SMILES string of the molecule is CC(C/S(C)=N/C#N)C(=O)N(C)c1cnn(-c2cccnc2)c1. The van der Waals surface area contributed by atoms with Gasteiger partial charge in [-0.15, -0.1) is 0 Å². The predicted molar refractivity (Wildman–Crippen MR) is 90.1 cm³/mol. The summed E-state index contributed by atoms with van der Waals surface area (Å²) in [6.07, 6.45) is 10.5. The molecule has 0 saturated carbocycles. The van der Waals surface area contributed by atoms with Crippen LogP contribution in [-0.4, -0.2) is 39.7 Å².